The van der Waals surface area contributed by atoms with E-state index in [0.717, 1.165) is 6.42 Å². The van der Waals surface area contributed by atoms with Gasteiger partial charge in [0.2, 0.25) is 0 Å². The lowest BCUT2D eigenvalue weighted by Crippen LogP contribution is -2.40. The molecule has 1 unspecified atom stereocenters. The molecule has 1 saturated carbocycles. The molecule has 110 valence electrons. The second-order valence-corrected chi connectivity index (χ2v) is 5.87. The summed E-state index contributed by atoms with van der Waals surface area (Å²) >= 11 is 5.83. The standard InChI is InChI=1S/C15H22ClN3O/c1-2-13(10-6-4-3-5-7-10)19-15(20)11-8-14(16)18-9-12(11)17/h8-10,13H,2-7,17H2,1H3,(H,19,20). The molecule has 0 bridgehead atoms. The third-order valence-corrected chi connectivity index (χ3v) is 4.33. The van der Waals surface area contributed by atoms with Crippen LogP contribution in [0.1, 0.15) is 55.8 Å². The van der Waals surface area contributed by atoms with Crippen molar-refractivity contribution in [1.29, 1.82) is 0 Å². The molecule has 1 aromatic rings. The summed E-state index contributed by atoms with van der Waals surface area (Å²) in [6, 6.07) is 1.74. The van der Waals surface area contributed by atoms with Gasteiger partial charge in [-0.2, -0.15) is 0 Å². The number of anilines is 1. The Balaban J connectivity index is 2.06. The maximum Gasteiger partial charge on any atom is 0.253 e. The average molecular weight is 296 g/mol. The SMILES string of the molecule is CCC(NC(=O)c1cc(Cl)ncc1N)C1CCCCC1. The summed E-state index contributed by atoms with van der Waals surface area (Å²) in [5.74, 6) is 0.431. The fraction of sp³-hybridized carbons (Fsp3) is 0.600. The third-order valence-electron chi connectivity index (χ3n) is 4.12. The minimum atomic E-state index is -0.149. The first-order valence-corrected chi connectivity index (χ1v) is 7.71. The summed E-state index contributed by atoms with van der Waals surface area (Å²) in [7, 11) is 0. The van der Waals surface area contributed by atoms with Crippen LogP contribution < -0.4 is 11.1 Å². The molecular formula is C15H22ClN3O. The lowest BCUT2D eigenvalue weighted by atomic mass is 9.83. The van der Waals surface area contributed by atoms with Gasteiger partial charge in [-0.25, -0.2) is 4.98 Å². The monoisotopic (exact) mass is 295 g/mol. The van der Waals surface area contributed by atoms with Crippen molar-refractivity contribution in [2.75, 3.05) is 5.73 Å². The first-order valence-electron chi connectivity index (χ1n) is 7.33. The summed E-state index contributed by atoms with van der Waals surface area (Å²) in [6.45, 7) is 2.11. The van der Waals surface area contributed by atoms with Crippen LogP contribution in [0.4, 0.5) is 5.69 Å². The summed E-state index contributed by atoms with van der Waals surface area (Å²) in [4.78, 5) is 16.2. The molecule has 4 nitrogen and oxygen atoms in total. The minimum Gasteiger partial charge on any atom is -0.397 e. The molecule has 20 heavy (non-hydrogen) atoms. The Kier molecular flexibility index (Phi) is 5.24. The predicted molar refractivity (Wildman–Crippen MR) is 81.8 cm³/mol. The smallest absolute Gasteiger partial charge is 0.253 e. The maximum atomic E-state index is 12.4. The van der Waals surface area contributed by atoms with E-state index in [1.165, 1.54) is 44.4 Å². The molecule has 0 spiro atoms. The van der Waals surface area contributed by atoms with Crippen LogP contribution in [0.5, 0.6) is 0 Å². The van der Waals surface area contributed by atoms with Gasteiger partial charge in [-0.1, -0.05) is 37.8 Å². The quantitative estimate of drug-likeness (QED) is 0.837. The Morgan fingerprint density at radius 1 is 1.50 bits per heavy atom. The normalized spacial score (nSPS) is 17.7. The molecule has 0 aliphatic heterocycles. The van der Waals surface area contributed by atoms with Gasteiger partial charge in [0.15, 0.2) is 0 Å². The second-order valence-electron chi connectivity index (χ2n) is 5.48. The van der Waals surface area contributed by atoms with Crippen LogP contribution in [0.3, 0.4) is 0 Å². The van der Waals surface area contributed by atoms with Crippen molar-refractivity contribution in [2.45, 2.75) is 51.5 Å². The highest BCUT2D eigenvalue weighted by Gasteiger charge is 2.24. The molecule has 1 aliphatic carbocycles. The van der Waals surface area contributed by atoms with Crippen molar-refractivity contribution in [1.82, 2.24) is 10.3 Å². The van der Waals surface area contributed by atoms with Crippen molar-refractivity contribution in [2.24, 2.45) is 5.92 Å². The number of rotatable bonds is 4. The van der Waals surface area contributed by atoms with Crippen molar-refractivity contribution >= 4 is 23.2 Å². The summed E-state index contributed by atoms with van der Waals surface area (Å²) < 4.78 is 0. The number of carbonyl (C=O) groups is 1. The number of nitrogen functional groups attached to an aromatic ring is 1. The zero-order valence-electron chi connectivity index (χ0n) is 11.9. The number of carbonyl (C=O) groups excluding carboxylic acids is 1. The van der Waals surface area contributed by atoms with Crippen LogP contribution in [-0.4, -0.2) is 16.9 Å². The highest BCUT2D eigenvalue weighted by atomic mass is 35.5. The molecule has 5 heteroatoms. The van der Waals surface area contributed by atoms with Crippen molar-refractivity contribution in [3.63, 3.8) is 0 Å². The fourth-order valence-electron chi connectivity index (χ4n) is 2.97. The van der Waals surface area contributed by atoms with Gasteiger partial charge in [-0.15, -0.1) is 0 Å². The van der Waals surface area contributed by atoms with E-state index in [1.54, 1.807) is 0 Å². The fourth-order valence-corrected chi connectivity index (χ4v) is 3.13. The zero-order valence-corrected chi connectivity index (χ0v) is 12.6. The molecule has 1 aliphatic rings. The van der Waals surface area contributed by atoms with Crippen LogP contribution >= 0.6 is 11.6 Å². The van der Waals surface area contributed by atoms with Crippen LogP contribution in [0.25, 0.3) is 0 Å². The molecule has 2 rings (SSSR count). The Hall–Kier alpha value is -1.29. The zero-order chi connectivity index (χ0) is 14.5. The molecule has 0 aromatic carbocycles. The van der Waals surface area contributed by atoms with E-state index in [-0.39, 0.29) is 17.1 Å². The number of hydrogen-bond acceptors (Lipinski definition) is 3. The number of nitrogens with two attached hydrogens (primary N) is 1. The van der Waals surface area contributed by atoms with Crippen molar-refractivity contribution in [3.8, 4) is 0 Å². The molecular weight excluding hydrogens is 274 g/mol. The number of pyridine rings is 1. The molecule has 0 radical (unpaired) electrons. The largest absolute Gasteiger partial charge is 0.397 e. The molecule has 1 heterocycles. The highest BCUT2D eigenvalue weighted by molar-refractivity contribution is 6.29. The van der Waals surface area contributed by atoms with Gasteiger partial charge < -0.3 is 11.1 Å². The van der Waals surface area contributed by atoms with E-state index < -0.39 is 0 Å². The molecule has 1 atom stereocenters. The number of hydrogen-bond donors (Lipinski definition) is 2. The van der Waals surface area contributed by atoms with E-state index >= 15 is 0 Å². The Labute approximate surface area is 125 Å². The number of nitrogens with one attached hydrogen (secondary N) is 1. The van der Waals surface area contributed by atoms with E-state index in [0.29, 0.717) is 17.2 Å². The number of nitrogens with zero attached hydrogens (tertiary/aromatic N) is 1. The van der Waals surface area contributed by atoms with E-state index in [1.807, 2.05) is 0 Å². The Morgan fingerprint density at radius 2 is 2.20 bits per heavy atom. The van der Waals surface area contributed by atoms with Crippen LogP contribution in [0, 0.1) is 5.92 Å². The summed E-state index contributed by atoms with van der Waals surface area (Å²) in [6.07, 6.45) is 8.61. The molecule has 3 N–H and O–H groups in total. The number of amides is 1. The second kappa shape index (κ2) is 6.93. The lowest BCUT2D eigenvalue weighted by molar-refractivity contribution is 0.0912. The summed E-state index contributed by atoms with van der Waals surface area (Å²) in [5, 5.41) is 3.40. The highest BCUT2D eigenvalue weighted by Crippen LogP contribution is 2.28. The van der Waals surface area contributed by atoms with Gasteiger partial charge in [-0.3, -0.25) is 4.79 Å². The topological polar surface area (TPSA) is 68.0 Å². The van der Waals surface area contributed by atoms with Gasteiger partial charge in [0.1, 0.15) is 5.15 Å². The molecule has 1 fully saturated rings. The Morgan fingerprint density at radius 3 is 2.85 bits per heavy atom. The third kappa shape index (κ3) is 3.63. The van der Waals surface area contributed by atoms with Crippen LogP contribution in [-0.2, 0) is 0 Å². The van der Waals surface area contributed by atoms with Gasteiger partial charge >= 0.3 is 0 Å². The predicted octanol–water partition coefficient (Wildman–Crippen LogP) is 3.41. The van der Waals surface area contributed by atoms with Gasteiger partial charge in [0, 0.05) is 6.04 Å². The van der Waals surface area contributed by atoms with Gasteiger partial charge in [0.25, 0.3) is 5.91 Å². The first kappa shape index (κ1) is 15.1. The molecule has 1 amide bonds. The maximum absolute atomic E-state index is 12.4. The lowest BCUT2D eigenvalue weighted by Gasteiger charge is -2.30. The van der Waals surface area contributed by atoms with Gasteiger partial charge in [-0.05, 0) is 31.2 Å². The van der Waals surface area contributed by atoms with Crippen molar-refractivity contribution in [3.05, 3.63) is 23.0 Å². The van der Waals surface area contributed by atoms with E-state index in [2.05, 4.69) is 17.2 Å². The first-order chi connectivity index (χ1) is 9.61. The average Bonchev–Trinajstić information content (AvgIpc) is 2.48. The number of aromatic nitrogens is 1. The van der Waals surface area contributed by atoms with E-state index in [9.17, 15) is 4.79 Å². The van der Waals surface area contributed by atoms with E-state index in [4.69, 9.17) is 17.3 Å². The van der Waals surface area contributed by atoms with Crippen LogP contribution in [0.15, 0.2) is 12.3 Å². The Bertz CT molecular complexity index is 472. The minimum absolute atomic E-state index is 0.149. The molecule has 0 saturated heterocycles. The van der Waals surface area contributed by atoms with Crippen molar-refractivity contribution < 1.29 is 4.79 Å². The van der Waals surface area contributed by atoms with Gasteiger partial charge in [0.05, 0.1) is 17.4 Å². The number of halogens is 1. The summed E-state index contributed by atoms with van der Waals surface area (Å²) in [5.41, 5.74) is 6.59. The van der Waals surface area contributed by atoms with Crippen LogP contribution in [0.2, 0.25) is 5.15 Å². The molecule has 1 aromatic heterocycles.